The predicted molar refractivity (Wildman–Crippen MR) is 104 cm³/mol. The lowest BCUT2D eigenvalue weighted by Crippen LogP contribution is -2.45. The van der Waals surface area contributed by atoms with E-state index < -0.39 is 11.9 Å². The van der Waals surface area contributed by atoms with E-state index in [1.54, 1.807) is 0 Å². The first-order valence-corrected chi connectivity index (χ1v) is 9.41. The number of aliphatic hydroxyl groups is 2. The number of ether oxygens (including phenoxy) is 6. The smallest absolute Gasteiger partial charge is 0.283 e. The van der Waals surface area contributed by atoms with Gasteiger partial charge in [-0.25, -0.2) is 0 Å². The summed E-state index contributed by atoms with van der Waals surface area (Å²) in [5.41, 5.74) is 0. The van der Waals surface area contributed by atoms with Gasteiger partial charge in [-0.15, -0.1) is 0 Å². The lowest BCUT2D eigenvalue weighted by molar-refractivity contribution is -0.356. The SMILES string of the molecule is COC(CCN(CCO)CCN(CCO)CCC(OC)(OC)OC)(OC)OC. The highest BCUT2D eigenvalue weighted by Crippen LogP contribution is 2.19. The maximum atomic E-state index is 9.37. The van der Waals surface area contributed by atoms with Gasteiger partial charge in [0.25, 0.3) is 11.9 Å². The summed E-state index contributed by atoms with van der Waals surface area (Å²) in [7, 11) is 9.17. The standard InChI is InChI=1S/C18H40N2O8/c1-23-17(24-2,25-3)7-9-19(13-15-21)11-12-20(14-16-22)10-8-18(26-4,27-5)28-6/h21-22H,7-16H2,1-6H3. The minimum atomic E-state index is -1.10. The number of methoxy groups -OCH3 is 6. The molecule has 0 aliphatic carbocycles. The Balaban J connectivity index is 4.75. The molecule has 0 aromatic rings. The zero-order valence-electron chi connectivity index (χ0n) is 18.3. The Kier molecular flexibility index (Phi) is 15.2. The van der Waals surface area contributed by atoms with Crippen molar-refractivity contribution in [2.24, 2.45) is 0 Å². The molecule has 0 amide bonds. The van der Waals surface area contributed by atoms with Crippen molar-refractivity contribution in [2.75, 3.05) is 95.1 Å². The van der Waals surface area contributed by atoms with Gasteiger partial charge in [0.05, 0.1) is 13.2 Å². The molecule has 28 heavy (non-hydrogen) atoms. The third-order valence-corrected chi connectivity index (χ3v) is 4.90. The first-order valence-electron chi connectivity index (χ1n) is 9.41. The molecule has 0 fully saturated rings. The van der Waals surface area contributed by atoms with Crippen LogP contribution in [0.1, 0.15) is 12.8 Å². The Morgan fingerprint density at radius 2 is 0.786 bits per heavy atom. The summed E-state index contributed by atoms with van der Waals surface area (Å²) < 4.78 is 31.9. The molecule has 0 atom stereocenters. The molecule has 0 spiro atoms. The molecule has 0 saturated carbocycles. The van der Waals surface area contributed by atoms with E-state index in [2.05, 4.69) is 9.80 Å². The van der Waals surface area contributed by atoms with E-state index in [9.17, 15) is 10.2 Å². The van der Waals surface area contributed by atoms with Crippen LogP contribution in [-0.4, -0.2) is 127 Å². The second kappa shape index (κ2) is 15.4. The van der Waals surface area contributed by atoms with Gasteiger partial charge in [0, 0.05) is 94.8 Å². The van der Waals surface area contributed by atoms with Gasteiger partial charge in [-0.1, -0.05) is 0 Å². The lowest BCUT2D eigenvalue weighted by atomic mass is 10.3. The average molecular weight is 413 g/mol. The van der Waals surface area contributed by atoms with Crippen molar-refractivity contribution >= 4 is 0 Å². The maximum Gasteiger partial charge on any atom is 0.283 e. The highest BCUT2D eigenvalue weighted by Gasteiger charge is 2.31. The highest BCUT2D eigenvalue weighted by molar-refractivity contribution is 4.69. The van der Waals surface area contributed by atoms with Crippen LogP contribution in [0.2, 0.25) is 0 Å². The number of hydrogen-bond donors (Lipinski definition) is 2. The van der Waals surface area contributed by atoms with Crippen molar-refractivity contribution in [1.29, 1.82) is 0 Å². The van der Waals surface area contributed by atoms with Crippen LogP contribution >= 0.6 is 0 Å². The molecule has 0 radical (unpaired) electrons. The highest BCUT2D eigenvalue weighted by atomic mass is 16.9. The molecule has 10 nitrogen and oxygen atoms in total. The van der Waals surface area contributed by atoms with Crippen molar-refractivity contribution in [2.45, 2.75) is 24.8 Å². The third-order valence-electron chi connectivity index (χ3n) is 4.90. The van der Waals surface area contributed by atoms with Crippen LogP contribution in [0.25, 0.3) is 0 Å². The molecule has 0 bridgehead atoms. The lowest BCUT2D eigenvalue weighted by Gasteiger charge is -2.33. The van der Waals surface area contributed by atoms with Gasteiger partial charge in [0.15, 0.2) is 0 Å². The first kappa shape index (κ1) is 27.6. The second-order valence-corrected chi connectivity index (χ2v) is 6.22. The van der Waals surface area contributed by atoms with E-state index in [1.807, 2.05) is 0 Å². The van der Waals surface area contributed by atoms with Crippen molar-refractivity contribution in [3.05, 3.63) is 0 Å². The van der Waals surface area contributed by atoms with E-state index in [4.69, 9.17) is 28.4 Å². The fraction of sp³-hybridized carbons (Fsp3) is 1.00. The zero-order chi connectivity index (χ0) is 21.5. The summed E-state index contributed by atoms with van der Waals surface area (Å²) >= 11 is 0. The van der Waals surface area contributed by atoms with Crippen LogP contribution in [0, 0.1) is 0 Å². The predicted octanol–water partition coefficient (Wildman–Crippen LogP) is -0.459. The molecule has 0 heterocycles. The van der Waals surface area contributed by atoms with Crippen molar-refractivity contribution < 1.29 is 38.6 Å². The number of rotatable bonds is 19. The van der Waals surface area contributed by atoms with Crippen molar-refractivity contribution in [1.82, 2.24) is 9.80 Å². The van der Waals surface area contributed by atoms with Crippen LogP contribution in [0.3, 0.4) is 0 Å². The molecule has 0 unspecified atom stereocenters. The Bertz CT molecular complexity index is 317. The molecule has 0 aliphatic heterocycles. The van der Waals surface area contributed by atoms with Gasteiger partial charge in [0.2, 0.25) is 0 Å². The molecule has 2 N–H and O–H groups in total. The van der Waals surface area contributed by atoms with E-state index in [0.717, 1.165) is 0 Å². The summed E-state index contributed by atoms with van der Waals surface area (Å²) in [4.78, 5) is 4.18. The van der Waals surface area contributed by atoms with Gasteiger partial charge in [-0.3, -0.25) is 9.80 Å². The molecule has 0 aromatic carbocycles. The molecule has 170 valence electrons. The largest absolute Gasteiger partial charge is 0.395 e. The molecule has 0 rings (SSSR count). The zero-order valence-corrected chi connectivity index (χ0v) is 18.3. The summed E-state index contributed by atoms with van der Waals surface area (Å²) in [6, 6.07) is 0. The van der Waals surface area contributed by atoms with Gasteiger partial charge in [-0.05, 0) is 0 Å². The molecule has 0 aliphatic rings. The minimum Gasteiger partial charge on any atom is -0.395 e. The summed E-state index contributed by atoms with van der Waals surface area (Å²) in [5, 5.41) is 18.7. The molecular formula is C18H40N2O8. The van der Waals surface area contributed by atoms with E-state index in [0.29, 0.717) is 52.1 Å². The Labute approximate surface area is 169 Å². The third kappa shape index (κ3) is 9.40. The quantitative estimate of drug-likeness (QED) is 0.271. The van der Waals surface area contributed by atoms with E-state index in [-0.39, 0.29) is 13.2 Å². The van der Waals surface area contributed by atoms with Crippen LogP contribution in [0.5, 0.6) is 0 Å². The maximum absolute atomic E-state index is 9.37. The normalized spacial score (nSPS) is 13.1. The summed E-state index contributed by atoms with van der Waals surface area (Å²) in [5.74, 6) is -2.21. The Morgan fingerprint density at radius 1 is 0.500 bits per heavy atom. The topological polar surface area (TPSA) is 102 Å². The van der Waals surface area contributed by atoms with E-state index in [1.165, 1.54) is 42.7 Å². The van der Waals surface area contributed by atoms with Gasteiger partial charge >= 0.3 is 0 Å². The van der Waals surface area contributed by atoms with Crippen molar-refractivity contribution in [3.63, 3.8) is 0 Å². The Hall–Kier alpha value is -0.400. The summed E-state index contributed by atoms with van der Waals surface area (Å²) in [6.07, 6.45) is 0.966. The average Bonchev–Trinajstić information content (AvgIpc) is 2.74. The summed E-state index contributed by atoms with van der Waals surface area (Å²) in [6.45, 7) is 3.71. The monoisotopic (exact) mass is 412 g/mol. The number of aliphatic hydroxyl groups excluding tert-OH is 2. The van der Waals surface area contributed by atoms with Crippen molar-refractivity contribution in [3.8, 4) is 0 Å². The van der Waals surface area contributed by atoms with Gasteiger partial charge < -0.3 is 38.6 Å². The number of nitrogens with zero attached hydrogens (tertiary/aromatic N) is 2. The van der Waals surface area contributed by atoms with Gasteiger partial charge in [0.1, 0.15) is 0 Å². The fourth-order valence-corrected chi connectivity index (χ4v) is 2.94. The van der Waals surface area contributed by atoms with Crippen LogP contribution in [0.15, 0.2) is 0 Å². The van der Waals surface area contributed by atoms with Crippen LogP contribution in [-0.2, 0) is 28.4 Å². The van der Waals surface area contributed by atoms with Crippen LogP contribution in [0.4, 0.5) is 0 Å². The molecule has 0 aromatic heterocycles. The Morgan fingerprint density at radius 3 is 1.00 bits per heavy atom. The molecule has 10 heteroatoms. The van der Waals surface area contributed by atoms with Crippen LogP contribution < -0.4 is 0 Å². The minimum absolute atomic E-state index is 0.0417. The second-order valence-electron chi connectivity index (χ2n) is 6.22. The molecular weight excluding hydrogens is 372 g/mol. The first-order chi connectivity index (χ1) is 13.4. The number of hydrogen-bond acceptors (Lipinski definition) is 10. The fourth-order valence-electron chi connectivity index (χ4n) is 2.94. The molecule has 0 saturated heterocycles. The van der Waals surface area contributed by atoms with Gasteiger partial charge in [-0.2, -0.15) is 0 Å². The van der Waals surface area contributed by atoms with E-state index >= 15 is 0 Å².